The molecule has 0 unspecified atom stereocenters. The Morgan fingerprint density at radius 1 is 1.44 bits per heavy atom. The molecule has 0 saturated carbocycles. The predicted octanol–water partition coefficient (Wildman–Crippen LogP) is 2.34. The van der Waals surface area contributed by atoms with Crippen LogP contribution in [0.5, 0.6) is 11.5 Å². The minimum Gasteiger partial charge on any atom is -0.490 e. The molecule has 5 nitrogen and oxygen atoms in total. The molecule has 0 N–H and O–H groups in total. The molecule has 0 aromatic heterocycles. The lowest BCUT2D eigenvalue weighted by atomic mass is 10.2. The van der Waals surface area contributed by atoms with Crippen molar-refractivity contribution in [1.29, 1.82) is 0 Å². The molecule has 0 saturated heterocycles. The summed E-state index contributed by atoms with van der Waals surface area (Å²) in [5.41, 5.74) is 0.656. The molecular formula is C13H13NO4. The van der Waals surface area contributed by atoms with E-state index in [0.717, 1.165) is 6.20 Å². The highest BCUT2D eigenvalue weighted by atomic mass is 16.6. The summed E-state index contributed by atoms with van der Waals surface area (Å²) in [5.74, 6) is 3.39. The number of benzene rings is 1. The van der Waals surface area contributed by atoms with Gasteiger partial charge in [0.25, 0.3) is 0 Å². The van der Waals surface area contributed by atoms with Crippen molar-refractivity contribution < 1.29 is 14.4 Å². The molecule has 0 aliphatic carbocycles. The second-order valence-electron chi connectivity index (χ2n) is 3.23. The summed E-state index contributed by atoms with van der Waals surface area (Å²) in [6.45, 7) is 2.45. The molecule has 5 heteroatoms. The highest BCUT2D eigenvalue weighted by molar-refractivity contribution is 5.55. The zero-order chi connectivity index (χ0) is 13.4. The summed E-state index contributed by atoms with van der Waals surface area (Å²) in [4.78, 5) is 9.71. The minimum absolute atomic E-state index is 0.143. The Kier molecular flexibility index (Phi) is 5.26. The van der Waals surface area contributed by atoms with E-state index >= 15 is 0 Å². The average molecular weight is 247 g/mol. The van der Waals surface area contributed by atoms with Gasteiger partial charge in [0.2, 0.25) is 6.20 Å². The second kappa shape index (κ2) is 6.97. The molecule has 0 heterocycles. The van der Waals surface area contributed by atoms with Gasteiger partial charge >= 0.3 is 0 Å². The van der Waals surface area contributed by atoms with Crippen molar-refractivity contribution in [2.75, 3.05) is 13.2 Å². The fourth-order valence-corrected chi connectivity index (χ4v) is 1.28. The molecule has 0 bridgehead atoms. The predicted molar refractivity (Wildman–Crippen MR) is 68.0 cm³/mol. The molecule has 0 atom stereocenters. The maximum Gasteiger partial charge on any atom is 0.235 e. The molecule has 0 radical (unpaired) electrons. The maximum atomic E-state index is 10.2. The van der Waals surface area contributed by atoms with Crippen LogP contribution in [0.3, 0.4) is 0 Å². The van der Waals surface area contributed by atoms with Gasteiger partial charge in [-0.15, -0.1) is 6.42 Å². The van der Waals surface area contributed by atoms with Gasteiger partial charge in [0.05, 0.1) is 11.5 Å². The summed E-state index contributed by atoms with van der Waals surface area (Å²) >= 11 is 0. The van der Waals surface area contributed by atoms with Crippen molar-refractivity contribution in [3.05, 3.63) is 40.1 Å². The second-order valence-corrected chi connectivity index (χ2v) is 3.23. The Labute approximate surface area is 105 Å². The molecule has 1 rings (SSSR count). The minimum atomic E-state index is -0.525. The van der Waals surface area contributed by atoms with Crippen LogP contribution in [0.25, 0.3) is 6.08 Å². The molecule has 0 spiro atoms. The van der Waals surface area contributed by atoms with Crippen LogP contribution in [-0.4, -0.2) is 18.1 Å². The zero-order valence-corrected chi connectivity index (χ0v) is 9.96. The standard InChI is InChI=1S/C13H13NO4/c1-3-9-18-12-6-5-11(7-8-14(15)16)10-13(12)17-4-2/h1,5-8,10H,4,9H2,2H3. The number of ether oxygens (including phenoxy) is 2. The average Bonchev–Trinajstić information content (AvgIpc) is 2.35. The normalized spacial score (nSPS) is 10.0. The molecule has 94 valence electrons. The molecule has 1 aromatic rings. The SMILES string of the molecule is C#CCOc1ccc(C=C[N+](=O)[O-])cc1OCC. The van der Waals surface area contributed by atoms with Crippen LogP contribution in [0.1, 0.15) is 12.5 Å². The van der Waals surface area contributed by atoms with E-state index in [0.29, 0.717) is 23.7 Å². The summed E-state index contributed by atoms with van der Waals surface area (Å²) < 4.78 is 10.7. The van der Waals surface area contributed by atoms with Crippen LogP contribution in [-0.2, 0) is 0 Å². The fraction of sp³-hybridized carbons (Fsp3) is 0.231. The fourth-order valence-electron chi connectivity index (χ4n) is 1.28. The van der Waals surface area contributed by atoms with Crippen molar-refractivity contribution in [1.82, 2.24) is 0 Å². The smallest absolute Gasteiger partial charge is 0.235 e. The van der Waals surface area contributed by atoms with Gasteiger partial charge in [-0.2, -0.15) is 0 Å². The Morgan fingerprint density at radius 3 is 2.83 bits per heavy atom. The molecule has 0 amide bonds. The zero-order valence-electron chi connectivity index (χ0n) is 9.96. The van der Waals surface area contributed by atoms with Crippen molar-refractivity contribution in [3.8, 4) is 23.8 Å². The Bertz CT molecular complexity index is 488. The van der Waals surface area contributed by atoms with E-state index in [-0.39, 0.29) is 6.61 Å². The summed E-state index contributed by atoms with van der Waals surface area (Å²) in [6, 6.07) is 5.02. The summed E-state index contributed by atoms with van der Waals surface area (Å²) in [5, 5.41) is 10.2. The highest BCUT2D eigenvalue weighted by Crippen LogP contribution is 2.28. The quantitative estimate of drug-likeness (QED) is 0.440. The third kappa shape index (κ3) is 4.18. The third-order valence-electron chi connectivity index (χ3n) is 1.97. The van der Waals surface area contributed by atoms with Crippen molar-refractivity contribution in [3.63, 3.8) is 0 Å². The van der Waals surface area contributed by atoms with Crippen molar-refractivity contribution in [2.24, 2.45) is 0 Å². The van der Waals surface area contributed by atoms with Crippen LogP contribution in [0.4, 0.5) is 0 Å². The molecule has 1 aromatic carbocycles. The van der Waals surface area contributed by atoms with E-state index in [1.165, 1.54) is 6.08 Å². The van der Waals surface area contributed by atoms with Crippen molar-refractivity contribution in [2.45, 2.75) is 6.92 Å². The van der Waals surface area contributed by atoms with Gasteiger partial charge in [0, 0.05) is 6.08 Å². The van der Waals surface area contributed by atoms with Crippen molar-refractivity contribution >= 4 is 6.08 Å². The van der Waals surface area contributed by atoms with E-state index in [1.807, 2.05) is 6.92 Å². The van der Waals surface area contributed by atoms with E-state index in [9.17, 15) is 10.1 Å². The van der Waals surface area contributed by atoms with Gasteiger partial charge in [0.1, 0.15) is 6.61 Å². The molecule has 0 aliphatic heterocycles. The van der Waals surface area contributed by atoms with Crippen LogP contribution >= 0.6 is 0 Å². The first-order valence-electron chi connectivity index (χ1n) is 5.32. The van der Waals surface area contributed by atoms with Crippen LogP contribution in [0.15, 0.2) is 24.4 Å². The van der Waals surface area contributed by atoms with Gasteiger partial charge in [-0.1, -0.05) is 12.0 Å². The number of nitrogens with zero attached hydrogens (tertiary/aromatic N) is 1. The first-order valence-corrected chi connectivity index (χ1v) is 5.32. The lowest BCUT2D eigenvalue weighted by Gasteiger charge is -2.10. The van der Waals surface area contributed by atoms with Crippen LogP contribution < -0.4 is 9.47 Å². The largest absolute Gasteiger partial charge is 0.490 e. The van der Waals surface area contributed by atoms with Crippen LogP contribution in [0.2, 0.25) is 0 Å². The Morgan fingerprint density at radius 2 is 2.22 bits per heavy atom. The maximum absolute atomic E-state index is 10.2. The Balaban J connectivity index is 2.95. The third-order valence-corrected chi connectivity index (χ3v) is 1.97. The van der Waals surface area contributed by atoms with E-state index in [4.69, 9.17) is 15.9 Å². The van der Waals surface area contributed by atoms with Gasteiger partial charge in [0.15, 0.2) is 11.5 Å². The lowest BCUT2D eigenvalue weighted by molar-refractivity contribution is -0.400. The molecule has 0 aliphatic rings. The van der Waals surface area contributed by atoms with Crippen LogP contribution in [0, 0.1) is 22.5 Å². The number of terminal acetylenes is 1. The van der Waals surface area contributed by atoms with Gasteiger partial charge in [-0.25, -0.2) is 0 Å². The van der Waals surface area contributed by atoms with Gasteiger partial charge < -0.3 is 9.47 Å². The van der Waals surface area contributed by atoms with Gasteiger partial charge in [-0.05, 0) is 24.6 Å². The molecule has 18 heavy (non-hydrogen) atoms. The number of hydrogen-bond donors (Lipinski definition) is 0. The molecule has 0 fully saturated rings. The number of nitro groups is 1. The summed E-state index contributed by atoms with van der Waals surface area (Å²) in [7, 11) is 0. The molecular weight excluding hydrogens is 234 g/mol. The lowest BCUT2D eigenvalue weighted by Crippen LogP contribution is -1.99. The van der Waals surface area contributed by atoms with Gasteiger partial charge in [-0.3, -0.25) is 10.1 Å². The first-order chi connectivity index (χ1) is 8.67. The number of rotatable bonds is 6. The van der Waals surface area contributed by atoms with E-state index in [1.54, 1.807) is 18.2 Å². The van der Waals surface area contributed by atoms with E-state index in [2.05, 4.69) is 5.92 Å². The monoisotopic (exact) mass is 247 g/mol. The van der Waals surface area contributed by atoms with E-state index < -0.39 is 4.92 Å². The highest BCUT2D eigenvalue weighted by Gasteiger charge is 2.05. The first kappa shape index (κ1) is 13.6. The summed E-state index contributed by atoms with van der Waals surface area (Å²) in [6.07, 6.45) is 7.36. The Hall–Kier alpha value is -2.48. The number of hydrogen-bond acceptors (Lipinski definition) is 4. The topological polar surface area (TPSA) is 61.6 Å².